The van der Waals surface area contributed by atoms with Crippen molar-refractivity contribution in [1.29, 1.82) is 0 Å². The Bertz CT molecular complexity index is 643. The number of esters is 1. The van der Waals surface area contributed by atoms with Crippen LogP contribution in [0.15, 0.2) is 28.7 Å². The number of rotatable bonds is 3. The van der Waals surface area contributed by atoms with Crippen molar-refractivity contribution >= 4 is 12.3 Å². The first-order valence-electron chi connectivity index (χ1n) is 5.50. The highest BCUT2D eigenvalue weighted by atomic mass is 19.1. The molecule has 2 rings (SSSR count). The molecule has 0 unspecified atom stereocenters. The van der Waals surface area contributed by atoms with Gasteiger partial charge >= 0.3 is 5.97 Å². The predicted molar refractivity (Wildman–Crippen MR) is 65.6 cm³/mol. The van der Waals surface area contributed by atoms with Crippen LogP contribution in [-0.2, 0) is 4.74 Å². The predicted octanol–water partition coefficient (Wildman–Crippen LogP) is 2.99. The van der Waals surface area contributed by atoms with Crippen LogP contribution in [0.5, 0.6) is 0 Å². The number of halogens is 1. The Morgan fingerprint density at radius 3 is 2.68 bits per heavy atom. The van der Waals surface area contributed by atoms with E-state index in [9.17, 15) is 14.0 Å². The Balaban J connectivity index is 2.58. The van der Waals surface area contributed by atoms with Gasteiger partial charge in [-0.25, -0.2) is 9.18 Å². The number of furan rings is 1. The van der Waals surface area contributed by atoms with Crippen molar-refractivity contribution in [2.75, 3.05) is 7.11 Å². The van der Waals surface area contributed by atoms with Gasteiger partial charge in [-0.2, -0.15) is 0 Å². The highest BCUT2D eigenvalue weighted by molar-refractivity contribution is 5.91. The molecule has 98 valence electrons. The lowest BCUT2D eigenvalue weighted by atomic mass is 10.0. The Labute approximate surface area is 108 Å². The second-order valence-electron chi connectivity index (χ2n) is 3.94. The van der Waals surface area contributed by atoms with E-state index in [1.165, 1.54) is 19.2 Å². The molecule has 2 aromatic rings. The minimum Gasteiger partial charge on any atom is -0.465 e. The second-order valence-corrected chi connectivity index (χ2v) is 3.94. The fraction of sp³-hybridized carbons (Fsp3) is 0.143. The third-order valence-corrected chi connectivity index (χ3v) is 2.77. The van der Waals surface area contributed by atoms with Crippen molar-refractivity contribution in [1.82, 2.24) is 0 Å². The van der Waals surface area contributed by atoms with Crippen LogP contribution >= 0.6 is 0 Å². The molecule has 5 heteroatoms. The van der Waals surface area contributed by atoms with E-state index >= 15 is 0 Å². The third kappa shape index (κ3) is 2.40. The van der Waals surface area contributed by atoms with Crippen LogP contribution in [0.3, 0.4) is 0 Å². The van der Waals surface area contributed by atoms with Crippen LogP contribution in [0, 0.1) is 12.7 Å². The van der Waals surface area contributed by atoms with Crippen LogP contribution in [0.2, 0.25) is 0 Å². The molecule has 0 aliphatic heterocycles. The largest absolute Gasteiger partial charge is 0.465 e. The maximum absolute atomic E-state index is 13.8. The van der Waals surface area contributed by atoms with Crippen molar-refractivity contribution < 1.29 is 23.1 Å². The number of hydrogen-bond donors (Lipinski definition) is 0. The summed E-state index contributed by atoms with van der Waals surface area (Å²) in [5, 5.41) is 0. The topological polar surface area (TPSA) is 56.5 Å². The Morgan fingerprint density at radius 1 is 1.37 bits per heavy atom. The maximum atomic E-state index is 13.8. The molecule has 1 heterocycles. The summed E-state index contributed by atoms with van der Waals surface area (Å²) in [6.07, 6.45) is 0.555. The molecule has 0 saturated carbocycles. The van der Waals surface area contributed by atoms with Gasteiger partial charge < -0.3 is 9.15 Å². The Kier molecular flexibility index (Phi) is 3.46. The van der Waals surface area contributed by atoms with Gasteiger partial charge in [-0.15, -0.1) is 0 Å². The Hall–Kier alpha value is -2.43. The number of carbonyl (C=O) groups excluding carboxylic acids is 2. The second kappa shape index (κ2) is 5.06. The van der Waals surface area contributed by atoms with E-state index in [4.69, 9.17) is 4.42 Å². The first-order valence-corrected chi connectivity index (χ1v) is 5.50. The summed E-state index contributed by atoms with van der Waals surface area (Å²) >= 11 is 0. The van der Waals surface area contributed by atoms with Crippen LogP contribution < -0.4 is 0 Å². The molecule has 0 spiro atoms. The number of aldehydes is 1. The molecule has 0 bridgehead atoms. The lowest BCUT2D eigenvalue weighted by Gasteiger charge is -2.07. The molecule has 0 amide bonds. The van der Waals surface area contributed by atoms with E-state index in [2.05, 4.69) is 4.74 Å². The standard InChI is InChI=1S/C14H11FO4/c1-8-11(13-4-3-10(7-16)19-13)5-9(6-12(8)15)14(17)18-2/h3-7H,1-2H3. The summed E-state index contributed by atoms with van der Waals surface area (Å²) in [6.45, 7) is 1.56. The van der Waals surface area contributed by atoms with Crippen molar-refractivity contribution in [2.24, 2.45) is 0 Å². The summed E-state index contributed by atoms with van der Waals surface area (Å²) in [5.41, 5.74) is 0.831. The molecule has 0 radical (unpaired) electrons. The van der Waals surface area contributed by atoms with Crippen molar-refractivity contribution in [2.45, 2.75) is 6.92 Å². The monoisotopic (exact) mass is 262 g/mol. The van der Waals surface area contributed by atoms with Crippen LogP contribution in [0.25, 0.3) is 11.3 Å². The molecule has 4 nitrogen and oxygen atoms in total. The molecule has 1 aromatic carbocycles. The normalized spacial score (nSPS) is 10.3. The zero-order chi connectivity index (χ0) is 14.0. The first-order chi connectivity index (χ1) is 9.06. The number of ether oxygens (including phenoxy) is 1. The zero-order valence-corrected chi connectivity index (χ0v) is 10.4. The molecule has 0 saturated heterocycles. The average Bonchev–Trinajstić information content (AvgIpc) is 2.89. The summed E-state index contributed by atoms with van der Waals surface area (Å²) < 4.78 is 23.6. The molecule has 0 aliphatic rings. The number of carbonyl (C=O) groups is 2. The van der Waals surface area contributed by atoms with Gasteiger partial charge in [-0.05, 0) is 36.8 Å². The first kappa shape index (κ1) is 13.0. The molecule has 0 N–H and O–H groups in total. The number of methoxy groups -OCH3 is 1. The zero-order valence-electron chi connectivity index (χ0n) is 10.4. The molecule has 19 heavy (non-hydrogen) atoms. The summed E-state index contributed by atoms with van der Waals surface area (Å²) in [4.78, 5) is 22.0. The highest BCUT2D eigenvalue weighted by Crippen LogP contribution is 2.28. The smallest absolute Gasteiger partial charge is 0.337 e. The molecular weight excluding hydrogens is 251 g/mol. The molecular formula is C14H11FO4. The highest BCUT2D eigenvalue weighted by Gasteiger charge is 2.16. The number of hydrogen-bond acceptors (Lipinski definition) is 4. The van der Waals surface area contributed by atoms with E-state index < -0.39 is 11.8 Å². The van der Waals surface area contributed by atoms with Crippen molar-refractivity contribution in [3.8, 4) is 11.3 Å². The van der Waals surface area contributed by atoms with Gasteiger partial charge in [0.1, 0.15) is 11.6 Å². The fourth-order valence-electron chi connectivity index (χ4n) is 1.73. The van der Waals surface area contributed by atoms with Crippen LogP contribution in [0.1, 0.15) is 26.5 Å². The molecule has 1 aromatic heterocycles. The van der Waals surface area contributed by atoms with E-state index in [1.807, 2.05) is 0 Å². The summed E-state index contributed by atoms with van der Waals surface area (Å²) in [5.74, 6) is -0.716. The molecule has 0 fully saturated rings. The van der Waals surface area contributed by atoms with E-state index in [0.717, 1.165) is 6.07 Å². The fourth-order valence-corrected chi connectivity index (χ4v) is 1.73. The summed E-state index contributed by atoms with van der Waals surface area (Å²) in [7, 11) is 1.22. The van der Waals surface area contributed by atoms with Gasteiger partial charge in [-0.1, -0.05) is 0 Å². The SMILES string of the molecule is COC(=O)c1cc(F)c(C)c(-c2ccc(C=O)o2)c1. The average molecular weight is 262 g/mol. The van der Waals surface area contributed by atoms with Gasteiger partial charge in [-0.3, -0.25) is 4.79 Å². The number of benzene rings is 1. The quantitative estimate of drug-likeness (QED) is 0.630. The van der Waals surface area contributed by atoms with E-state index in [-0.39, 0.29) is 11.3 Å². The van der Waals surface area contributed by atoms with Crippen LogP contribution in [0.4, 0.5) is 4.39 Å². The molecule has 0 aliphatic carbocycles. The van der Waals surface area contributed by atoms with Gasteiger partial charge in [0.05, 0.1) is 12.7 Å². The van der Waals surface area contributed by atoms with Gasteiger partial charge in [0.2, 0.25) is 0 Å². The maximum Gasteiger partial charge on any atom is 0.337 e. The van der Waals surface area contributed by atoms with Crippen LogP contribution in [-0.4, -0.2) is 19.4 Å². The van der Waals surface area contributed by atoms with Crippen molar-refractivity contribution in [3.05, 3.63) is 47.0 Å². The van der Waals surface area contributed by atoms with Gasteiger partial charge in [0.15, 0.2) is 12.0 Å². The van der Waals surface area contributed by atoms with Crippen molar-refractivity contribution in [3.63, 3.8) is 0 Å². The Morgan fingerprint density at radius 2 is 2.11 bits per heavy atom. The lowest BCUT2D eigenvalue weighted by molar-refractivity contribution is 0.0600. The summed E-state index contributed by atoms with van der Waals surface area (Å²) in [6, 6.07) is 5.60. The van der Waals surface area contributed by atoms with E-state index in [0.29, 0.717) is 23.2 Å². The van der Waals surface area contributed by atoms with E-state index in [1.54, 1.807) is 13.0 Å². The minimum atomic E-state index is -0.637. The third-order valence-electron chi connectivity index (χ3n) is 2.77. The lowest BCUT2D eigenvalue weighted by Crippen LogP contribution is -2.03. The molecule has 0 atom stereocenters. The van der Waals surface area contributed by atoms with Gasteiger partial charge in [0, 0.05) is 5.56 Å². The minimum absolute atomic E-state index is 0.0876. The van der Waals surface area contributed by atoms with Gasteiger partial charge in [0.25, 0.3) is 0 Å².